The third kappa shape index (κ3) is 4.45. The van der Waals surface area contributed by atoms with Crippen LogP contribution >= 0.6 is 0 Å². The lowest BCUT2D eigenvalue weighted by atomic mass is 9.75. The number of ether oxygens (including phenoxy) is 1. The molecule has 7 heteroatoms. The van der Waals surface area contributed by atoms with Crippen LogP contribution in [0.25, 0.3) is 0 Å². The minimum absolute atomic E-state index is 0.0144. The molecule has 0 radical (unpaired) electrons. The SMILES string of the molecule is CCOc1ccc(NC(=O)N2CCC(N3C[C@H]4C[C@H](C3)[C@H]3CCCC(=O)N3C4)CC2)cc1. The number of nitrogens with zero attached hydrogens (tertiary/aromatic N) is 3. The number of benzene rings is 1. The lowest BCUT2D eigenvalue weighted by Crippen LogP contribution is -2.62. The number of amides is 3. The van der Waals surface area contributed by atoms with Crippen molar-refractivity contribution in [1.29, 1.82) is 0 Å². The fourth-order valence-electron chi connectivity index (χ4n) is 6.38. The van der Waals surface area contributed by atoms with Gasteiger partial charge in [0.2, 0.25) is 5.91 Å². The predicted octanol–water partition coefficient (Wildman–Crippen LogP) is 3.41. The second-order valence-electron chi connectivity index (χ2n) is 9.93. The van der Waals surface area contributed by atoms with Gasteiger partial charge in [-0.05, 0) is 75.1 Å². The summed E-state index contributed by atoms with van der Waals surface area (Å²) in [6, 6.07) is 8.57. The zero-order valence-corrected chi connectivity index (χ0v) is 19.2. The summed E-state index contributed by atoms with van der Waals surface area (Å²) < 4.78 is 5.47. The summed E-state index contributed by atoms with van der Waals surface area (Å²) in [6.45, 7) is 7.38. The Hall–Kier alpha value is -2.28. The van der Waals surface area contributed by atoms with Crippen LogP contribution in [0.3, 0.4) is 0 Å². The first-order chi connectivity index (χ1) is 15.6. The van der Waals surface area contributed by atoms with Crippen LogP contribution in [0.5, 0.6) is 5.75 Å². The van der Waals surface area contributed by atoms with Crippen LogP contribution in [0.1, 0.15) is 45.4 Å². The van der Waals surface area contributed by atoms with E-state index in [0.29, 0.717) is 36.4 Å². The van der Waals surface area contributed by atoms with Crippen molar-refractivity contribution < 1.29 is 14.3 Å². The predicted molar refractivity (Wildman–Crippen MR) is 124 cm³/mol. The molecule has 4 heterocycles. The van der Waals surface area contributed by atoms with Crippen LogP contribution in [-0.4, -0.2) is 78.1 Å². The van der Waals surface area contributed by atoms with Crippen LogP contribution in [0, 0.1) is 11.8 Å². The zero-order chi connectivity index (χ0) is 22.1. The number of piperidine rings is 4. The van der Waals surface area contributed by atoms with E-state index in [1.54, 1.807) is 0 Å². The molecule has 4 fully saturated rings. The fraction of sp³-hybridized carbons (Fsp3) is 0.680. The first-order valence-corrected chi connectivity index (χ1v) is 12.4. The molecule has 0 saturated carbocycles. The Morgan fingerprint density at radius 3 is 2.62 bits per heavy atom. The van der Waals surface area contributed by atoms with Crippen molar-refractivity contribution >= 4 is 17.6 Å². The van der Waals surface area contributed by atoms with Gasteiger partial charge in [0.25, 0.3) is 0 Å². The molecule has 2 bridgehead atoms. The molecule has 0 spiro atoms. The Morgan fingerprint density at radius 1 is 1.09 bits per heavy atom. The molecule has 0 aliphatic carbocycles. The van der Waals surface area contributed by atoms with Crippen LogP contribution < -0.4 is 10.1 Å². The molecule has 4 aliphatic rings. The molecule has 32 heavy (non-hydrogen) atoms. The van der Waals surface area contributed by atoms with E-state index in [1.807, 2.05) is 36.1 Å². The summed E-state index contributed by atoms with van der Waals surface area (Å²) >= 11 is 0. The molecule has 4 aliphatic heterocycles. The van der Waals surface area contributed by atoms with E-state index in [2.05, 4.69) is 15.1 Å². The van der Waals surface area contributed by atoms with Gasteiger partial charge in [-0.3, -0.25) is 9.69 Å². The van der Waals surface area contributed by atoms with E-state index in [4.69, 9.17) is 4.74 Å². The van der Waals surface area contributed by atoms with Crippen molar-refractivity contribution in [3.63, 3.8) is 0 Å². The summed E-state index contributed by atoms with van der Waals surface area (Å²) in [5.41, 5.74) is 0.802. The van der Waals surface area contributed by atoms with Gasteiger partial charge in [-0.25, -0.2) is 4.79 Å². The maximum absolute atomic E-state index is 12.7. The number of rotatable bonds is 4. The van der Waals surface area contributed by atoms with E-state index < -0.39 is 0 Å². The van der Waals surface area contributed by atoms with Crippen LogP contribution in [0.4, 0.5) is 10.5 Å². The van der Waals surface area contributed by atoms with Crippen molar-refractivity contribution in [3.05, 3.63) is 24.3 Å². The second-order valence-corrected chi connectivity index (χ2v) is 9.93. The first-order valence-electron chi connectivity index (χ1n) is 12.4. The minimum Gasteiger partial charge on any atom is -0.494 e. The number of nitrogens with one attached hydrogen (secondary N) is 1. The van der Waals surface area contributed by atoms with Crippen LogP contribution in [-0.2, 0) is 4.79 Å². The molecule has 7 nitrogen and oxygen atoms in total. The van der Waals surface area contributed by atoms with Gasteiger partial charge in [0.15, 0.2) is 0 Å². The quantitative estimate of drug-likeness (QED) is 0.779. The number of anilines is 1. The molecular formula is C25H36N4O3. The second kappa shape index (κ2) is 9.30. The average molecular weight is 441 g/mol. The molecule has 0 aromatic heterocycles. The molecule has 5 rings (SSSR count). The van der Waals surface area contributed by atoms with Gasteiger partial charge in [0.05, 0.1) is 6.61 Å². The Labute approximate surface area is 191 Å². The van der Waals surface area contributed by atoms with Crippen molar-refractivity contribution in [1.82, 2.24) is 14.7 Å². The Kier molecular flexibility index (Phi) is 6.26. The smallest absolute Gasteiger partial charge is 0.321 e. The highest BCUT2D eigenvalue weighted by atomic mass is 16.5. The highest BCUT2D eigenvalue weighted by molar-refractivity contribution is 5.89. The maximum Gasteiger partial charge on any atom is 0.321 e. The Morgan fingerprint density at radius 2 is 1.88 bits per heavy atom. The van der Waals surface area contributed by atoms with Gasteiger partial charge < -0.3 is 19.9 Å². The maximum atomic E-state index is 12.7. The lowest BCUT2D eigenvalue weighted by molar-refractivity contribution is -0.145. The Balaban J connectivity index is 1.12. The zero-order valence-electron chi connectivity index (χ0n) is 19.2. The summed E-state index contributed by atoms with van der Waals surface area (Å²) in [5, 5.41) is 3.02. The number of fused-ring (bicyclic) bond motifs is 4. The normalized spacial score (nSPS) is 28.9. The van der Waals surface area contributed by atoms with Crippen molar-refractivity contribution in [2.75, 3.05) is 44.6 Å². The van der Waals surface area contributed by atoms with Gasteiger partial charge in [-0.2, -0.15) is 0 Å². The van der Waals surface area contributed by atoms with E-state index in [1.165, 1.54) is 12.8 Å². The standard InChI is InChI=1S/C25H36N4O3/c1-2-32-22-8-6-20(7-9-22)26-25(31)27-12-10-21(11-13-27)28-15-18-14-19(17-28)23-4-3-5-24(30)29(23)16-18/h6-9,18-19,21,23H,2-5,10-17H2,1H3,(H,26,31)/t18-,19-,23-/m1/s1. The van der Waals surface area contributed by atoms with E-state index in [0.717, 1.165) is 69.8 Å². The molecule has 3 atom stereocenters. The van der Waals surface area contributed by atoms with Crippen molar-refractivity contribution in [3.8, 4) is 5.75 Å². The topological polar surface area (TPSA) is 65.1 Å². The average Bonchev–Trinajstić information content (AvgIpc) is 2.81. The Bertz CT molecular complexity index is 821. The number of hydrogen-bond donors (Lipinski definition) is 1. The highest BCUT2D eigenvalue weighted by Crippen LogP contribution is 2.39. The molecular weight excluding hydrogens is 404 g/mol. The van der Waals surface area contributed by atoms with Gasteiger partial charge in [0, 0.05) is 56.9 Å². The van der Waals surface area contributed by atoms with Crippen LogP contribution in [0.15, 0.2) is 24.3 Å². The van der Waals surface area contributed by atoms with Gasteiger partial charge in [-0.15, -0.1) is 0 Å². The monoisotopic (exact) mass is 440 g/mol. The lowest BCUT2D eigenvalue weighted by Gasteiger charge is -2.54. The summed E-state index contributed by atoms with van der Waals surface area (Å²) in [7, 11) is 0. The number of urea groups is 1. The molecule has 174 valence electrons. The van der Waals surface area contributed by atoms with Gasteiger partial charge >= 0.3 is 6.03 Å². The number of likely N-dealkylation sites (tertiary alicyclic amines) is 2. The summed E-state index contributed by atoms with van der Waals surface area (Å²) in [5.74, 6) is 2.45. The summed E-state index contributed by atoms with van der Waals surface area (Å²) in [6.07, 6.45) is 6.34. The van der Waals surface area contributed by atoms with Crippen molar-refractivity contribution in [2.24, 2.45) is 11.8 Å². The van der Waals surface area contributed by atoms with E-state index >= 15 is 0 Å². The molecule has 1 aromatic carbocycles. The van der Waals surface area contributed by atoms with Gasteiger partial charge in [0.1, 0.15) is 5.75 Å². The first kappa shape index (κ1) is 21.6. The van der Waals surface area contributed by atoms with E-state index in [-0.39, 0.29) is 6.03 Å². The number of carbonyl (C=O) groups excluding carboxylic acids is 2. The third-order valence-corrected chi connectivity index (χ3v) is 7.89. The highest BCUT2D eigenvalue weighted by Gasteiger charge is 2.45. The number of hydrogen-bond acceptors (Lipinski definition) is 4. The molecule has 1 aromatic rings. The van der Waals surface area contributed by atoms with E-state index in [9.17, 15) is 9.59 Å². The molecule has 4 saturated heterocycles. The molecule has 1 N–H and O–H groups in total. The largest absolute Gasteiger partial charge is 0.494 e. The van der Waals surface area contributed by atoms with Crippen LogP contribution in [0.2, 0.25) is 0 Å². The molecule has 3 amide bonds. The minimum atomic E-state index is -0.0144. The summed E-state index contributed by atoms with van der Waals surface area (Å²) in [4.78, 5) is 32.0. The third-order valence-electron chi connectivity index (χ3n) is 7.89. The fourth-order valence-corrected chi connectivity index (χ4v) is 6.38. The molecule has 0 unspecified atom stereocenters. The van der Waals surface area contributed by atoms with Gasteiger partial charge in [-0.1, -0.05) is 0 Å². The number of carbonyl (C=O) groups is 2. The van der Waals surface area contributed by atoms with Crippen molar-refractivity contribution in [2.45, 2.75) is 57.5 Å².